The van der Waals surface area contributed by atoms with Gasteiger partial charge in [0.05, 0.1) is 6.20 Å². The van der Waals surface area contributed by atoms with Crippen LogP contribution in [0.3, 0.4) is 0 Å². The molecule has 0 aliphatic rings. The number of halogens is 2. The van der Waals surface area contributed by atoms with Crippen molar-refractivity contribution < 1.29 is 17.2 Å². The molecule has 0 saturated carbocycles. The van der Waals surface area contributed by atoms with E-state index in [1.165, 1.54) is 0 Å². The molecule has 1 heterocycles. The first-order chi connectivity index (χ1) is 5.41. The molecule has 68 valence electrons. The molecule has 0 bridgehead atoms. The zero-order valence-corrected chi connectivity index (χ0v) is 6.92. The molecule has 0 aromatic carbocycles. The minimum absolute atomic E-state index is 0.206. The zero-order valence-electron chi connectivity index (χ0n) is 6.11. The number of alkyl halides is 2. The van der Waals surface area contributed by atoms with E-state index in [0.717, 1.165) is 18.6 Å². The predicted molar refractivity (Wildman–Crippen MR) is 36.6 cm³/mol. The number of hydrogen-bond donors (Lipinski definition) is 0. The predicted octanol–water partition coefficient (Wildman–Crippen LogP) is 0.682. The van der Waals surface area contributed by atoms with E-state index >= 15 is 0 Å². The summed E-state index contributed by atoms with van der Waals surface area (Å²) in [6, 6.07) is 0. The van der Waals surface area contributed by atoms with Crippen molar-refractivity contribution in [3.8, 4) is 0 Å². The first-order valence-electron chi connectivity index (χ1n) is 2.93. The number of hydrogen-bond acceptors (Lipinski definition) is 3. The Morgan fingerprint density at radius 2 is 2.17 bits per heavy atom. The second-order valence-corrected chi connectivity index (χ2v) is 4.22. The molecule has 0 N–H and O–H groups in total. The summed E-state index contributed by atoms with van der Waals surface area (Å²) < 4.78 is 45.6. The van der Waals surface area contributed by atoms with Crippen LogP contribution in [-0.4, -0.2) is 24.5 Å². The van der Waals surface area contributed by atoms with E-state index in [1.807, 2.05) is 0 Å². The maximum absolute atomic E-state index is 11.9. The molecule has 0 spiro atoms. The molecule has 0 unspecified atom stereocenters. The van der Waals surface area contributed by atoms with Gasteiger partial charge in [-0.3, -0.25) is 0 Å². The summed E-state index contributed by atoms with van der Waals surface area (Å²) in [5.74, 6) is 0. The number of rotatable bonds is 2. The molecule has 0 aliphatic carbocycles. The molecule has 4 nitrogen and oxygen atoms in total. The molecule has 1 aromatic heterocycles. The van der Waals surface area contributed by atoms with E-state index in [4.69, 9.17) is 0 Å². The summed E-state index contributed by atoms with van der Waals surface area (Å²) >= 11 is 0. The van der Waals surface area contributed by atoms with E-state index in [2.05, 4.69) is 5.10 Å². The Balaban J connectivity index is 3.09. The lowest BCUT2D eigenvalue weighted by Crippen LogP contribution is -1.98. The van der Waals surface area contributed by atoms with Crippen molar-refractivity contribution in [1.29, 1.82) is 0 Å². The minimum atomic E-state index is -3.43. The highest BCUT2D eigenvalue weighted by molar-refractivity contribution is 7.90. The van der Waals surface area contributed by atoms with Gasteiger partial charge in [-0.2, -0.15) is 13.9 Å². The van der Waals surface area contributed by atoms with Crippen molar-refractivity contribution in [2.45, 2.75) is 11.4 Å². The van der Waals surface area contributed by atoms with Crippen LogP contribution in [0.15, 0.2) is 17.3 Å². The highest BCUT2D eigenvalue weighted by Gasteiger charge is 2.13. The van der Waals surface area contributed by atoms with Crippen molar-refractivity contribution in [3.63, 3.8) is 0 Å². The van der Waals surface area contributed by atoms with Crippen LogP contribution in [0.5, 0.6) is 0 Å². The number of aromatic nitrogens is 2. The molecule has 0 saturated heterocycles. The third-order valence-corrected chi connectivity index (χ3v) is 2.27. The summed E-state index contributed by atoms with van der Waals surface area (Å²) in [5, 5.41) is 3.17. The van der Waals surface area contributed by atoms with Gasteiger partial charge in [-0.1, -0.05) is 0 Å². The molecular formula is C5H6F2N2O2S. The largest absolute Gasteiger partial charge is 0.333 e. The normalized spacial score (nSPS) is 12.3. The van der Waals surface area contributed by atoms with Crippen LogP contribution in [-0.2, 0) is 9.84 Å². The average molecular weight is 196 g/mol. The smallest absolute Gasteiger partial charge is 0.224 e. The zero-order chi connectivity index (χ0) is 9.35. The molecule has 7 heteroatoms. The van der Waals surface area contributed by atoms with Gasteiger partial charge in [0.1, 0.15) is 4.90 Å². The number of nitrogens with zero attached hydrogens (tertiary/aromatic N) is 2. The SMILES string of the molecule is CS(=O)(=O)c1cnn(C(F)F)c1. The van der Waals surface area contributed by atoms with E-state index in [0.29, 0.717) is 0 Å². The molecular weight excluding hydrogens is 190 g/mol. The second-order valence-electron chi connectivity index (χ2n) is 2.21. The second kappa shape index (κ2) is 2.81. The van der Waals surface area contributed by atoms with Gasteiger partial charge in [0.25, 0.3) is 0 Å². The van der Waals surface area contributed by atoms with Crippen molar-refractivity contribution in [1.82, 2.24) is 9.78 Å². The summed E-state index contributed by atoms with van der Waals surface area (Å²) in [4.78, 5) is -0.206. The van der Waals surface area contributed by atoms with Gasteiger partial charge in [-0.05, 0) is 0 Å². The maximum atomic E-state index is 11.9. The van der Waals surface area contributed by atoms with Gasteiger partial charge in [-0.25, -0.2) is 13.1 Å². The Hall–Kier alpha value is -0.980. The summed E-state index contributed by atoms with van der Waals surface area (Å²) in [5.41, 5.74) is 0. The highest BCUT2D eigenvalue weighted by Crippen LogP contribution is 2.12. The molecule has 0 aliphatic heterocycles. The number of sulfone groups is 1. The molecule has 12 heavy (non-hydrogen) atoms. The molecule has 0 radical (unpaired) electrons. The highest BCUT2D eigenvalue weighted by atomic mass is 32.2. The van der Waals surface area contributed by atoms with Gasteiger partial charge in [0.2, 0.25) is 0 Å². The van der Waals surface area contributed by atoms with Crippen molar-refractivity contribution in [3.05, 3.63) is 12.4 Å². The molecule has 0 amide bonds. The molecule has 0 atom stereocenters. The Morgan fingerprint density at radius 1 is 1.58 bits per heavy atom. The maximum Gasteiger partial charge on any atom is 0.333 e. The summed E-state index contributed by atoms with van der Waals surface area (Å²) in [6.07, 6.45) is 2.61. The van der Waals surface area contributed by atoms with E-state index < -0.39 is 16.4 Å². The average Bonchev–Trinajstić information content (AvgIpc) is 2.30. The Bertz CT molecular complexity index is 371. The lowest BCUT2D eigenvalue weighted by Gasteiger charge is -1.94. The molecule has 1 aromatic rings. The van der Waals surface area contributed by atoms with Crippen molar-refractivity contribution in [2.24, 2.45) is 0 Å². The fraction of sp³-hybridized carbons (Fsp3) is 0.400. The van der Waals surface area contributed by atoms with Crippen LogP contribution >= 0.6 is 0 Å². The van der Waals surface area contributed by atoms with E-state index in [9.17, 15) is 17.2 Å². The first kappa shape index (κ1) is 9.11. The molecule has 0 fully saturated rings. The van der Waals surface area contributed by atoms with E-state index in [-0.39, 0.29) is 9.58 Å². The Morgan fingerprint density at radius 3 is 2.42 bits per heavy atom. The fourth-order valence-electron chi connectivity index (χ4n) is 0.619. The van der Waals surface area contributed by atoms with Crippen LogP contribution < -0.4 is 0 Å². The topological polar surface area (TPSA) is 52.0 Å². The minimum Gasteiger partial charge on any atom is -0.224 e. The van der Waals surface area contributed by atoms with Crippen LogP contribution in [0.4, 0.5) is 8.78 Å². The first-order valence-corrected chi connectivity index (χ1v) is 4.83. The van der Waals surface area contributed by atoms with Gasteiger partial charge in [0.15, 0.2) is 9.84 Å². The third-order valence-electron chi connectivity index (χ3n) is 1.21. The van der Waals surface area contributed by atoms with Gasteiger partial charge >= 0.3 is 6.55 Å². The fourth-order valence-corrected chi connectivity index (χ4v) is 1.16. The van der Waals surface area contributed by atoms with Gasteiger partial charge in [0, 0.05) is 12.5 Å². The Kier molecular flexibility index (Phi) is 2.14. The van der Waals surface area contributed by atoms with Crippen LogP contribution in [0.1, 0.15) is 6.55 Å². The van der Waals surface area contributed by atoms with Crippen LogP contribution in [0, 0.1) is 0 Å². The lowest BCUT2D eigenvalue weighted by molar-refractivity contribution is 0.0564. The third kappa shape index (κ3) is 1.79. The van der Waals surface area contributed by atoms with Crippen molar-refractivity contribution >= 4 is 9.84 Å². The molecule has 1 rings (SSSR count). The summed E-state index contributed by atoms with van der Waals surface area (Å²) in [6.45, 7) is -2.81. The lowest BCUT2D eigenvalue weighted by atomic mass is 10.7. The standard InChI is InChI=1S/C5H6F2N2O2S/c1-12(10,11)4-2-8-9(3-4)5(6)7/h2-3,5H,1H3. The summed E-state index contributed by atoms with van der Waals surface area (Å²) in [7, 11) is -3.43. The van der Waals surface area contributed by atoms with Gasteiger partial charge in [-0.15, -0.1) is 0 Å². The quantitative estimate of drug-likeness (QED) is 0.699. The Labute approximate surface area is 67.7 Å². The van der Waals surface area contributed by atoms with Crippen molar-refractivity contribution in [2.75, 3.05) is 6.26 Å². The van der Waals surface area contributed by atoms with Crippen LogP contribution in [0.2, 0.25) is 0 Å². The monoisotopic (exact) mass is 196 g/mol. The van der Waals surface area contributed by atoms with Crippen LogP contribution in [0.25, 0.3) is 0 Å². The van der Waals surface area contributed by atoms with E-state index in [1.54, 1.807) is 0 Å². The van der Waals surface area contributed by atoms with Gasteiger partial charge < -0.3 is 0 Å².